The van der Waals surface area contributed by atoms with Gasteiger partial charge in [0, 0.05) is 24.5 Å². The number of nitrogens with zero attached hydrogens (tertiary/aromatic N) is 1. The van der Waals surface area contributed by atoms with Crippen LogP contribution in [0.3, 0.4) is 0 Å². The Balaban J connectivity index is 1.46. The zero-order valence-electron chi connectivity index (χ0n) is 14.4. The molecule has 0 bridgehead atoms. The fourth-order valence-electron chi connectivity index (χ4n) is 2.80. The quantitative estimate of drug-likeness (QED) is 0.782. The molecular formula is C21H18N2O3. The van der Waals surface area contributed by atoms with Crippen LogP contribution in [0, 0.1) is 6.92 Å². The molecule has 26 heavy (non-hydrogen) atoms. The first-order chi connectivity index (χ1) is 12.7. The number of carbonyl (C=O) groups excluding carboxylic acids is 1. The highest BCUT2D eigenvalue weighted by molar-refractivity contribution is 5.95. The number of rotatable bonds is 4. The molecule has 0 spiro atoms. The Hall–Kier alpha value is -3.34. The van der Waals surface area contributed by atoms with Crippen molar-refractivity contribution in [3.63, 3.8) is 0 Å². The molecule has 0 fully saturated rings. The van der Waals surface area contributed by atoms with Gasteiger partial charge in [-0.3, -0.25) is 9.78 Å². The maximum absolute atomic E-state index is 12.5. The smallest absolute Gasteiger partial charge is 0.253 e. The van der Waals surface area contributed by atoms with Crippen LogP contribution in [0.5, 0.6) is 11.5 Å². The van der Waals surface area contributed by atoms with Crippen LogP contribution in [0.15, 0.2) is 60.9 Å². The van der Waals surface area contributed by atoms with Crippen LogP contribution in [-0.2, 0) is 6.54 Å². The van der Waals surface area contributed by atoms with Gasteiger partial charge in [0.25, 0.3) is 5.91 Å². The van der Waals surface area contributed by atoms with Gasteiger partial charge in [0.1, 0.15) is 0 Å². The minimum Gasteiger partial charge on any atom is -0.454 e. The Bertz CT molecular complexity index is 952. The molecule has 2 heterocycles. The van der Waals surface area contributed by atoms with E-state index in [1.165, 1.54) is 5.56 Å². The van der Waals surface area contributed by atoms with Gasteiger partial charge in [-0.15, -0.1) is 0 Å². The zero-order chi connectivity index (χ0) is 17.9. The largest absolute Gasteiger partial charge is 0.454 e. The average molecular weight is 346 g/mol. The predicted molar refractivity (Wildman–Crippen MR) is 98.1 cm³/mol. The van der Waals surface area contributed by atoms with Crippen molar-refractivity contribution < 1.29 is 14.3 Å². The summed E-state index contributed by atoms with van der Waals surface area (Å²) in [5, 5.41) is 2.92. The summed E-state index contributed by atoms with van der Waals surface area (Å²) < 4.78 is 10.7. The number of fused-ring (bicyclic) bond motifs is 1. The highest BCUT2D eigenvalue weighted by Crippen LogP contribution is 2.32. The van der Waals surface area contributed by atoms with Gasteiger partial charge in [-0.25, -0.2) is 0 Å². The third kappa shape index (κ3) is 3.37. The van der Waals surface area contributed by atoms with Crippen molar-refractivity contribution in [2.75, 3.05) is 6.79 Å². The molecule has 1 N–H and O–H groups in total. The second-order valence-electron chi connectivity index (χ2n) is 6.20. The molecule has 0 unspecified atom stereocenters. The molecule has 3 aromatic rings. The van der Waals surface area contributed by atoms with Crippen molar-refractivity contribution in [2.45, 2.75) is 13.5 Å². The van der Waals surface area contributed by atoms with E-state index < -0.39 is 0 Å². The summed E-state index contributed by atoms with van der Waals surface area (Å²) in [6, 6.07) is 15.6. The van der Waals surface area contributed by atoms with E-state index in [4.69, 9.17) is 9.47 Å². The van der Waals surface area contributed by atoms with Crippen molar-refractivity contribution in [3.8, 4) is 22.6 Å². The number of aryl methyl sites for hydroxylation is 1. The van der Waals surface area contributed by atoms with E-state index in [2.05, 4.69) is 10.3 Å². The van der Waals surface area contributed by atoms with Crippen molar-refractivity contribution in [1.82, 2.24) is 10.3 Å². The highest BCUT2D eigenvalue weighted by atomic mass is 16.7. The van der Waals surface area contributed by atoms with Crippen molar-refractivity contribution in [2.24, 2.45) is 0 Å². The molecule has 0 saturated heterocycles. The number of aromatic nitrogens is 1. The van der Waals surface area contributed by atoms with E-state index in [1.807, 2.05) is 55.5 Å². The molecule has 0 atom stereocenters. The highest BCUT2D eigenvalue weighted by Gasteiger charge is 2.14. The SMILES string of the molecule is Cc1ccc(-c2cncc(C(=O)NCc3ccc4c(c3)OCO4)c2)cc1. The maximum atomic E-state index is 12.5. The van der Waals surface area contributed by atoms with Gasteiger partial charge in [0.2, 0.25) is 6.79 Å². The van der Waals surface area contributed by atoms with E-state index >= 15 is 0 Å². The van der Waals surface area contributed by atoms with Crippen LogP contribution in [-0.4, -0.2) is 17.7 Å². The maximum Gasteiger partial charge on any atom is 0.253 e. The Kier molecular flexibility index (Phi) is 4.27. The van der Waals surface area contributed by atoms with Crippen LogP contribution in [0.2, 0.25) is 0 Å². The van der Waals surface area contributed by atoms with Gasteiger partial charge in [-0.05, 0) is 36.2 Å². The lowest BCUT2D eigenvalue weighted by molar-refractivity contribution is 0.0950. The fourth-order valence-corrected chi connectivity index (χ4v) is 2.80. The molecule has 5 nitrogen and oxygen atoms in total. The van der Waals surface area contributed by atoms with Gasteiger partial charge in [0.15, 0.2) is 11.5 Å². The third-order valence-corrected chi connectivity index (χ3v) is 4.28. The number of nitrogens with one attached hydrogen (secondary N) is 1. The predicted octanol–water partition coefficient (Wildman–Crippen LogP) is 3.72. The van der Waals surface area contributed by atoms with Gasteiger partial charge in [-0.1, -0.05) is 35.9 Å². The summed E-state index contributed by atoms with van der Waals surface area (Å²) in [5.74, 6) is 1.28. The summed E-state index contributed by atoms with van der Waals surface area (Å²) >= 11 is 0. The van der Waals surface area contributed by atoms with E-state index in [0.717, 1.165) is 22.4 Å². The molecular weight excluding hydrogens is 328 g/mol. The minimum absolute atomic E-state index is 0.163. The molecule has 2 aromatic carbocycles. The standard InChI is InChI=1S/C21H18N2O3/c1-14-2-5-16(6-3-14)17-9-18(12-22-11-17)21(24)23-10-15-4-7-19-20(8-15)26-13-25-19/h2-9,11-12H,10,13H2,1H3,(H,23,24). The minimum atomic E-state index is -0.163. The van der Waals surface area contributed by atoms with Crippen LogP contribution < -0.4 is 14.8 Å². The first-order valence-electron chi connectivity index (χ1n) is 8.38. The number of ether oxygens (including phenoxy) is 2. The lowest BCUT2D eigenvalue weighted by Gasteiger charge is -2.08. The van der Waals surface area contributed by atoms with Crippen LogP contribution in [0.25, 0.3) is 11.1 Å². The number of hydrogen-bond acceptors (Lipinski definition) is 4. The Morgan fingerprint density at radius 2 is 1.81 bits per heavy atom. The Labute approximate surface area is 151 Å². The van der Waals surface area contributed by atoms with Crippen LogP contribution >= 0.6 is 0 Å². The van der Waals surface area contributed by atoms with Gasteiger partial charge < -0.3 is 14.8 Å². The fraction of sp³-hybridized carbons (Fsp3) is 0.143. The van der Waals surface area contributed by atoms with Gasteiger partial charge >= 0.3 is 0 Å². The average Bonchev–Trinajstić information content (AvgIpc) is 3.14. The number of carbonyl (C=O) groups is 1. The molecule has 0 radical (unpaired) electrons. The molecule has 1 aromatic heterocycles. The first-order valence-corrected chi connectivity index (χ1v) is 8.38. The zero-order valence-corrected chi connectivity index (χ0v) is 14.4. The van der Waals surface area contributed by atoms with E-state index in [1.54, 1.807) is 12.4 Å². The molecule has 130 valence electrons. The van der Waals surface area contributed by atoms with Gasteiger partial charge in [-0.2, -0.15) is 0 Å². The van der Waals surface area contributed by atoms with E-state index in [-0.39, 0.29) is 12.7 Å². The molecule has 5 heteroatoms. The summed E-state index contributed by atoms with van der Waals surface area (Å²) in [7, 11) is 0. The van der Waals surface area contributed by atoms with Crippen molar-refractivity contribution in [1.29, 1.82) is 0 Å². The molecule has 0 aliphatic carbocycles. The van der Waals surface area contributed by atoms with Crippen LogP contribution in [0.1, 0.15) is 21.5 Å². The van der Waals surface area contributed by atoms with E-state index in [9.17, 15) is 4.79 Å². The summed E-state index contributed by atoms with van der Waals surface area (Å²) in [6.45, 7) is 2.69. The summed E-state index contributed by atoms with van der Waals surface area (Å²) in [6.07, 6.45) is 3.34. The Morgan fingerprint density at radius 1 is 1.00 bits per heavy atom. The lowest BCUT2D eigenvalue weighted by Crippen LogP contribution is -2.22. The third-order valence-electron chi connectivity index (χ3n) is 4.28. The topological polar surface area (TPSA) is 60.5 Å². The van der Waals surface area contributed by atoms with Gasteiger partial charge in [0.05, 0.1) is 5.56 Å². The molecule has 0 saturated carbocycles. The van der Waals surface area contributed by atoms with Crippen molar-refractivity contribution in [3.05, 3.63) is 77.6 Å². The lowest BCUT2D eigenvalue weighted by atomic mass is 10.0. The molecule has 1 amide bonds. The van der Waals surface area contributed by atoms with E-state index in [0.29, 0.717) is 17.9 Å². The molecule has 1 aliphatic heterocycles. The Morgan fingerprint density at radius 3 is 2.65 bits per heavy atom. The second kappa shape index (κ2) is 6.88. The molecule has 1 aliphatic rings. The molecule has 4 rings (SSSR count). The number of amides is 1. The number of hydrogen-bond donors (Lipinski definition) is 1. The monoisotopic (exact) mass is 346 g/mol. The number of pyridine rings is 1. The number of benzene rings is 2. The summed E-state index contributed by atoms with van der Waals surface area (Å²) in [5.41, 5.74) is 4.63. The first kappa shape index (κ1) is 16.1. The normalized spacial score (nSPS) is 12.0. The summed E-state index contributed by atoms with van der Waals surface area (Å²) in [4.78, 5) is 16.7. The van der Waals surface area contributed by atoms with Crippen LogP contribution in [0.4, 0.5) is 0 Å². The second-order valence-corrected chi connectivity index (χ2v) is 6.20. The van der Waals surface area contributed by atoms with Crippen molar-refractivity contribution >= 4 is 5.91 Å².